The summed E-state index contributed by atoms with van der Waals surface area (Å²) in [5.74, 6) is -0.412. The van der Waals surface area contributed by atoms with Crippen molar-refractivity contribution in [1.29, 1.82) is 0 Å². The molecule has 0 aliphatic heterocycles. The highest BCUT2D eigenvalue weighted by Crippen LogP contribution is 2.20. The predicted octanol–water partition coefficient (Wildman–Crippen LogP) is 2.17. The van der Waals surface area contributed by atoms with Crippen molar-refractivity contribution >= 4 is 5.97 Å². The van der Waals surface area contributed by atoms with Gasteiger partial charge in [0.15, 0.2) is 0 Å². The van der Waals surface area contributed by atoms with Gasteiger partial charge in [-0.3, -0.25) is 4.79 Å². The minimum absolute atomic E-state index is 0.0511. The maximum atomic E-state index is 11.0. The van der Waals surface area contributed by atoms with Gasteiger partial charge in [-0.05, 0) is 31.2 Å². The fourth-order valence-corrected chi connectivity index (χ4v) is 1.50. The predicted molar refractivity (Wildman–Crippen MR) is 47.0 cm³/mol. The molecule has 13 heavy (non-hydrogen) atoms. The molecular weight excluding hydrogens is 170 g/mol. The van der Waals surface area contributed by atoms with Gasteiger partial charge in [-0.25, -0.2) is 0 Å². The fraction of sp³-hybridized carbons (Fsp3) is 0.875. The highest BCUT2D eigenvalue weighted by atomic mass is 16.5. The van der Waals surface area contributed by atoms with Gasteiger partial charge < -0.3 is 4.74 Å². The van der Waals surface area contributed by atoms with Crippen LogP contribution in [-0.2, 0) is 9.53 Å². The topological polar surface area (TPSA) is 75.1 Å². The van der Waals surface area contributed by atoms with Crippen molar-refractivity contribution < 1.29 is 9.53 Å². The Hall–Kier alpha value is -1.22. The number of esters is 1. The van der Waals surface area contributed by atoms with Gasteiger partial charge in [-0.1, -0.05) is 11.5 Å². The molecule has 1 rings (SSSR count). The van der Waals surface area contributed by atoms with Crippen molar-refractivity contribution in [2.24, 2.45) is 5.11 Å². The maximum Gasteiger partial charge on any atom is 0.311 e. The van der Waals surface area contributed by atoms with Gasteiger partial charge in [-0.2, -0.15) is 0 Å². The lowest BCUT2D eigenvalue weighted by Crippen LogP contribution is -2.22. The van der Waals surface area contributed by atoms with Gasteiger partial charge in [0.2, 0.25) is 0 Å². The molecule has 0 spiro atoms. The molecular formula is C8H13N3O2. The molecule has 0 saturated heterocycles. The second-order valence-corrected chi connectivity index (χ2v) is 3.14. The molecule has 0 unspecified atom stereocenters. The number of rotatable bonds is 3. The Bertz CT molecular complexity index is 217. The summed E-state index contributed by atoms with van der Waals surface area (Å²) in [5, 5.41) is 3.14. The van der Waals surface area contributed by atoms with E-state index in [1.54, 1.807) is 0 Å². The van der Waals surface area contributed by atoms with Crippen molar-refractivity contribution in [2.75, 3.05) is 6.54 Å². The Morgan fingerprint density at radius 2 is 2.15 bits per heavy atom. The van der Waals surface area contributed by atoms with E-state index in [2.05, 4.69) is 10.0 Å². The van der Waals surface area contributed by atoms with Crippen LogP contribution in [0.2, 0.25) is 0 Å². The van der Waals surface area contributed by atoms with Crippen LogP contribution in [0.15, 0.2) is 5.11 Å². The first-order chi connectivity index (χ1) is 6.33. The Labute approximate surface area is 76.7 Å². The van der Waals surface area contributed by atoms with Gasteiger partial charge >= 0.3 is 5.97 Å². The number of nitrogens with zero attached hydrogens (tertiary/aromatic N) is 3. The largest absolute Gasteiger partial charge is 0.462 e. The van der Waals surface area contributed by atoms with Crippen LogP contribution in [0.25, 0.3) is 10.4 Å². The van der Waals surface area contributed by atoms with Crippen LogP contribution >= 0.6 is 0 Å². The van der Waals surface area contributed by atoms with Crippen LogP contribution in [-0.4, -0.2) is 18.6 Å². The molecule has 72 valence electrons. The Balaban J connectivity index is 2.21. The molecule has 0 radical (unpaired) electrons. The molecule has 0 atom stereocenters. The molecule has 1 fully saturated rings. The Kier molecular flexibility index (Phi) is 4.12. The number of carbonyl (C=O) groups excluding carboxylic acids is 1. The Morgan fingerprint density at radius 3 is 2.77 bits per heavy atom. The lowest BCUT2D eigenvalue weighted by atomic mass is 9.98. The molecule has 1 aliphatic carbocycles. The summed E-state index contributed by atoms with van der Waals surface area (Å²) in [6, 6.07) is 0. The molecule has 0 N–H and O–H groups in total. The van der Waals surface area contributed by atoms with Gasteiger partial charge in [0.1, 0.15) is 12.6 Å². The van der Waals surface area contributed by atoms with Crippen LogP contribution in [0.5, 0.6) is 0 Å². The summed E-state index contributed by atoms with van der Waals surface area (Å²) in [7, 11) is 0. The number of hydrogen-bond acceptors (Lipinski definition) is 3. The average molecular weight is 183 g/mol. The van der Waals surface area contributed by atoms with Crippen molar-refractivity contribution in [1.82, 2.24) is 0 Å². The van der Waals surface area contributed by atoms with Crippen LogP contribution in [0, 0.1) is 0 Å². The summed E-state index contributed by atoms with van der Waals surface area (Å²) >= 11 is 0. The molecule has 0 bridgehead atoms. The van der Waals surface area contributed by atoms with E-state index in [0.29, 0.717) is 0 Å². The van der Waals surface area contributed by atoms with E-state index in [0.717, 1.165) is 25.7 Å². The van der Waals surface area contributed by atoms with Gasteiger partial charge in [0.25, 0.3) is 0 Å². The minimum Gasteiger partial charge on any atom is -0.462 e. The standard InChI is InChI=1S/C8H13N3O2/c9-11-10-6-8(12)13-7-4-2-1-3-5-7/h7H,1-6H2. The van der Waals surface area contributed by atoms with E-state index < -0.39 is 5.97 Å². The fourth-order valence-electron chi connectivity index (χ4n) is 1.50. The first-order valence-corrected chi connectivity index (χ1v) is 4.53. The normalized spacial score (nSPS) is 17.5. The molecule has 0 amide bonds. The summed E-state index contributed by atoms with van der Waals surface area (Å²) in [6.45, 7) is -0.187. The second-order valence-electron chi connectivity index (χ2n) is 3.14. The molecule has 1 saturated carbocycles. The second kappa shape index (κ2) is 5.43. The van der Waals surface area contributed by atoms with Crippen molar-refractivity contribution in [2.45, 2.75) is 38.2 Å². The van der Waals surface area contributed by atoms with Crippen LogP contribution in [0.4, 0.5) is 0 Å². The Morgan fingerprint density at radius 1 is 1.46 bits per heavy atom. The van der Waals surface area contributed by atoms with E-state index >= 15 is 0 Å². The molecule has 5 nitrogen and oxygen atoms in total. The lowest BCUT2D eigenvalue weighted by Gasteiger charge is -2.21. The third kappa shape index (κ3) is 3.80. The van der Waals surface area contributed by atoms with E-state index in [4.69, 9.17) is 10.3 Å². The van der Waals surface area contributed by atoms with Crippen molar-refractivity contribution in [3.8, 4) is 0 Å². The van der Waals surface area contributed by atoms with Gasteiger partial charge in [-0.15, -0.1) is 0 Å². The van der Waals surface area contributed by atoms with Gasteiger partial charge in [0.05, 0.1) is 0 Å². The molecule has 1 aliphatic rings. The average Bonchev–Trinajstić information content (AvgIpc) is 2.16. The van der Waals surface area contributed by atoms with Crippen LogP contribution in [0.1, 0.15) is 32.1 Å². The van der Waals surface area contributed by atoms with E-state index in [1.807, 2.05) is 0 Å². The SMILES string of the molecule is [N-]=[N+]=NCC(=O)OC1CCCCC1. The molecule has 0 aromatic heterocycles. The molecule has 0 heterocycles. The molecule has 0 aromatic carbocycles. The monoisotopic (exact) mass is 183 g/mol. The maximum absolute atomic E-state index is 11.0. The lowest BCUT2D eigenvalue weighted by molar-refractivity contribution is -0.148. The van der Waals surface area contributed by atoms with Crippen LogP contribution < -0.4 is 0 Å². The third-order valence-corrected chi connectivity index (χ3v) is 2.11. The number of carbonyl (C=O) groups is 1. The zero-order valence-corrected chi connectivity index (χ0v) is 7.48. The highest BCUT2D eigenvalue weighted by molar-refractivity contribution is 5.71. The van der Waals surface area contributed by atoms with Crippen molar-refractivity contribution in [3.63, 3.8) is 0 Å². The summed E-state index contributed by atoms with van der Waals surface area (Å²) in [5.41, 5.74) is 7.97. The quantitative estimate of drug-likeness (QED) is 0.291. The van der Waals surface area contributed by atoms with E-state index in [9.17, 15) is 4.79 Å². The number of hydrogen-bond donors (Lipinski definition) is 0. The number of azide groups is 1. The van der Waals surface area contributed by atoms with E-state index in [1.165, 1.54) is 6.42 Å². The number of ether oxygens (including phenoxy) is 1. The zero-order chi connectivity index (χ0) is 9.52. The third-order valence-electron chi connectivity index (χ3n) is 2.11. The summed E-state index contributed by atoms with van der Waals surface area (Å²) < 4.78 is 5.09. The first kappa shape index (κ1) is 9.86. The smallest absolute Gasteiger partial charge is 0.311 e. The van der Waals surface area contributed by atoms with Gasteiger partial charge in [0, 0.05) is 4.91 Å². The summed E-state index contributed by atoms with van der Waals surface area (Å²) in [4.78, 5) is 13.5. The molecule has 5 heteroatoms. The van der Waals surface area contributed by atoms with Crippen molar-refractivity contribution in [3.05, 3.63) is 10.4 Å². The summed E-state index contributed by atoms with van der Waals surface area (Å²) in [6.07, 6.45) is 5.42. The van der Waals surface area contributed by atoms with E-state index in [-0.39, 0.29) is 12.6 Å². The minimum atomic E-state index is -0.412. The highest BCUT2D eigenvalue weighted by Gasteiger charge is 2.16. The zero-order valence-electron chi connectivity index (χ0n) is 7.48. The first-order valence-electron chi connectivity index (χ1n) is 4.53. The molecule has 0 aromatic rings. The van der Waals surface area contributed by atoms with Crippen LogP contribution in [0.3, 0.4) is 0 Å².